The Morgan fingerprint density at radius 3 is 2.62 bits per heavy atom. The molecule has 0 spiro atoms. The summed E-state index contributed by atoms with van der Waals surface area (Å²) in [6, 6.07) is 14.0. The van der Waals surface area contributed by atoms with Gasteiger partial charge in [-0.25, -0.2) is 0 Å². The Kier molecular flexibility index (Phi) is 3.86. The Balaban J connectivity index is 1.64. The second-order valence-electron chi connectivity index (χ2n) is 5.06. The van der Waals surface area contributed by atoms with Crippen LogP contribution in [0.15, 0.2) is 42.5 Å². The van der Waals surface area contributed by atoms with Crippen LogP contribution in [0.4, 0.5) is 0 Å². The fraction of sp³-hybridized carbons (Fsp3) is 0.250. The van der Waals surface area contributed by atoms with Crippen molar-refractivity contribution in [1.82, 2.24) is 10.2 Å². The number of likely N-dealkylation sites (N-methyl/N-ethyl adjacent to an activating group) is 1. The number of benzene rings is 1. The Labute approximate surface area is 127 Å². The third-order valence-electron chi connectivity index (χ3n) is 3.62. The van der Waals surface area contributed by atoms with Gasteiger partial charge >= 0.3 is 0 Å². The van der Waals surface area contributed by atoms with Crippen LogP contribution in [-0.4, -0.2) is 29.8 Å². The van der Waals surface area contributed by atoms with Crippen LogP contribution in [-0.2, 0) is 16.1 Å². The maximum Gasteiger partial charge on any atom is 0.246 e. The van der Waals surface area contributed by atoms with Crippen molar-refractivity contribution in [2.24, 2.45) is 0 Å². The fourth-order valence-electron chi connectivity index (χ4n) is 2.37. The first kappa shape index (κ1) is 14.0. The van der Waals surface area contributed by atoms with Crippen molar-refractivity contribution in [3.8, 4) is 10.4 Å². The molecule has 1 saturated heterocycles. The Morgan fingerprint density at radius 2 is 1.95 bits per heavy atom. The Bertz CT molecular complexity index is 666. The van der Waals surface area contributed by atoms with Gasteiger partial charge in [-0.2, -0.15) is 0 Å². The lowest BCUT2D eigenvalue weighted by molar-refractivity contribution is -0.137. The smallest absolute Gasteiger partial charge is 0.246 e. The van der Waals surface area contributed by atoms with Crippen molar-refractivity contribution >= 4 is 23.2 Å². The molecule has 3 rings (SSSR count). The Hall–Kier alpha value is -1.98. The molecule has 0 radical (unpaired) electrons. The van der Waals surface area contributed by atoms with Gasteiger partial charge in [0.2, 0.25) is 11.8 Å². The van der Waals surface area contributed by atoms with Gasteiger partial charge in [-0.1, -0.05) is 30.3 Å². The second kappa shape index (κ2) is 5.79. The summed E-state index contributed by atoms with van der Waals surface area (Å²) in [5, 5.41) is 3.17. The second-order valence-corrected chi connectivity index (χ2v) is 6.23. The van der Waals surface area contributed by atoms with E-state index in [0.29, 0.717) is 6.54 Å². The Morgan fingerprint density at radius 1 is 1.19 bits per heavy atom. The highest BCUT2D eigenvalue weighted by Crippen LogP contribution is 2.28. The number of nitrogens with zero attached hydrogens (tertiary/aromatic N) is 1. The van der Waals surface area contributed by atoms with Crippen LogP contribution >= 0.6 is 11.3 Å². The molecule has 1 aliphatic heterocycles. The molecule has 1 atom stereocenters. The van der Waals surface area contributed by atoms with Crippen molar-refractivity contribution in [3.05, 3.63) is 47.3 Å². The van der Waals surface area contributed by atoms with Crippen LogP contribution in [0.5, 0.6) is 0 Å². The lowest BCUT2D eigenvalue weighted by Gasteiger charge is -2.09. The number of thiophene rings is 1. The topological polar surface area (TPSA) is 49.4 Å². The molecule has 2 heterocycles. The minimum absolute atomic E-state index is 0.117. The first-order valence-corrected chi connectivity index (χ1v) is 7.65. The summed E-state index contributed by atoms with van der Waals surface area (Å²) in [5.41, 5.74) is 1.20. The molecule has 2 aromatic rings. The molecule has 2 amide bonds. The number of carbonyl (C=O) groups is 2. The zero-order valence-electron chi connectivity index (χ0n) is 11.7. The molecule has 1 unspecified atom stereocenters. The van der Waals surface area contributed by atoms with Crippen LogP contribution in [0.25, 0.3) is 10.4 Å². The van der Waals surface area contributed by atoms with Gasteiger partial charge in [0.15, 0.2) is 0 Å². The molecule has 0 bridgehead atoms. The van der Waals surface area contributed by atoms with Crippen molar-refractivity contribution in [2.75, 3.05) is 7.05 Å². The summed E-state index contributed by atoms with van der Waals surface area (Å²) >= 11 is 1.70. The molecule has 0 aliphatic carbocycles. The number of hydrogen-bond donors (Lipinski definition) is 1. The number of likely N-dealkylation sites (tertiary alicyclic amines) is 1. The molecule has 1 aliphatic rings. The third kappa shape index (κ3) is 2.89. The molecular formula is C16H16N2O2S. The van der Waals surface area contributed by atoms with Crippen LogP contribution < -0.4 is 5.32 Å². The normalized spacial score (nSPS) is 18.5. The van der Waals surface area contributed by atoms with Crippen molar-refractivity contribution < 1.29 is 9.59 Å². The lowest BCUT2D eigenvalue weighted by atomic mass is 10.2. The van der Waals surface area contributed by atoms with Gasteiger partial charge in [-0.15, -0.1) is 11.3 Å². The van der Waals surface area contributed by atoms with E-state index in [1.807, 2.05) is 18.2 Å². The van der Waals surface area contributed by atoms with Crippen LogP contribution in [0.3, 0.4) is 0 Å². The molecule has 5 heteroatoms. The maximum atomic E-state index is 11.8. The molecule has 1 aromatic carbocycles. The van der Waals surface area contributed by atoms with E-state index in [2.05, 4.69) is 29.6 Å². The van der Waals surface area contributed by atoms with E-state index < -0.39 is 0 Å². The summed E-state index contributed by atoms with van der Waals surface area (Å²) < 4.78 is 0. The number of amides is 2. The van der Waals surface area contributed by atoms with Crippen molar-refractivity contribution in [2.45, 2.75) is 19.0 Å². The molecular weight excluding hydrogens is 284 g/mol. The monoisotopic (exact) mass is 300 g/mol. The lowest BCUT2D eigenvalue weighted by Crippen LogP contribution is -2.36. The fourth-order valence-corrected chi connectivity index (χ4v) is 3.33. The van der Waals surface area contributed by atoms with Gasteiger partial charge in [0, 0.05) is 23.3 Å². The van der Waals surface area contributed by atoms with Gasteiger partial charge in [0.1, 0.15) is 0 Å². The summed E-state index contributed by atoms with van der Waals surface area (Å²) in [4.78, 5) is 26.8. The predicted molar refractivity (Wildman–Crippen MR) is 82.8 cm³/mol. The van der Waals surface area contributed by atoms with Gasteiger partial charge in [0.25, 0.3) is 0 Å². The first-order valence-electron chi connectivity index (χ1n) is 6.83. The number of rotatable bonds is 4. The number of hydrogen-bond acceptors (Lipinski definition) is 4. The number of carbonyl (C=O) groups excluding carboxylic acids is 2. The van der Waals surface area contributed by atoms with Gasteiger partial charge in [-0.3, -0.25) is 14.5 Å². The minimum Gasteiger partial charge on any atom is -0.300 e. The summed E-state index contributed by atoms with van der Waals surface area (Å²) in [7, 11) is 1.53. The standard InChI is InChI=1S/C16H16N2O2S/c1-18-15(19)9-13(16(18)20)17-10-12-7-8-14(21-12)11-5-3-2-4-6-11/h2-8,13,17H,9-10H2,1H3. The van der Waals surface area contributed by atoms with E-state index in [1.54, 1.807) is 11.3 Å². The van der Waals surface area contributed by atoms with E-state index in [-0.39, 0.29) is 24.3 Å². The highest BCUT2D eigenvalue weighted by molar-refractivity contribution is 7.15. The SMILES string of the molecule is CN1C(=O)CC(NCc2ccc(-c3ccccc3)s2)C1=O. The molecule has 0 saturated carbocycles. The van der Waals surface area contributed by atoms with Crippen LogP contribution in [0.1, 0.15) is 11.3 Å². The van der Waals surface area contributed by atoms with Crippen LogP contribution in [0.2, 0.25) is 0 Å². The zero-order valence-corrected chi connectivity index (χ0v) is 12.5. The summed E-state index contributed by atoms with van der Waals surface area (Å²) in [6.07, 6.45) is 0.256. The summed E-state index contributed by atoms with van der Waals surface area (Å²) in [5.74, 6) is -0.256. The van der Waals surface area contributed by atoms with E-state index in [0.717, 1.165) is 4.88 Å². The van der Waals surface area contributed by atoms with Crippen molar-refractivity contribution in [3.63, 3.8) is 0 Å². The molecule has 108 valence electrons. The third-order valence-corrected chi connectivity index (χ3v) is 4.76. The maximum absolute atomic E-state index is 11.8. The zero-order chi connectivity index (χ0) is 14.8. The quantitative estimate of drug-likeness (QED) is 0.881. The molecule has 4 nitrogen and oxygen atoms in total. The van der Waals surface area contributed by atoms with Gasteiger partial charge < -0.3 is 5.32 Å². The van der Waals surface area contributed by atoms with E-state index >= 15 is 0 Å². The first-order chi connectivity index (χ1) is 10.1. The van der Waals surface area contributed by atoms with Crippen molar-refractivity contribution in [1.29, 1.82) is 0 Å². The number of nitrogens with one attached hydrogen (secondary N) is 1. The van der Waals surface area contributed by atoms with Crippen LogP contribution in [0, 0.1) is 0 Å². The molecule has 1 N–H and O–H groups in total. The highest BCUT2D eigenvalue weighted by Gasteiger charge is 2.35. The molecule has 1 aromatic heterocycles. The van der Waals surface area contributed by atoms with E-state index in [4.69, 9.17) is 0 Å². The van der Waals surface area contributed by atoms with Gasteiger partial charge in [-0.05, 0) is 17.7 Å². The molecule has 1 fully saturated rings. The summed E-state index contributed by atoms with van der Waals surface area (Å²) in [6.45, 7) is 0.606. The number of imide groups is 1. The average Bonchev–Trinajstić information content (AvgIpc) is 3.07. The predicted octanol–water partition coefficient (Wildman–Crippen LogP) is 2.26. The average molecular weight is 300 g/mol. The highest BCUT2D eigenvalue weighted by atomic mass is 32.1. The largest absolute Gasteiger partial charge is 0.300 e. The van der Waals surface area contributed by atoms with Gasteiger partial charge in [0.05, 0.1) is 12.5 Å². The van der Waals surface area contributed by atoms with E-state index in [1.165, 1.54) is 22.4 Å². The molecule has 21 heavy (non-hydrogen) atoms. The minimum atomic E-state index is -0.384. The van der Waals surface area contributed by atoms with E-state index in [9.17, 15) is 9.59 Å².